The number of aliphatic carboxylic acids is 1. The summed E-state index contributed by atoms with van der Waals surface area (Å²) in [6, 6.07) is 0. The number of rotatable bonds is 1. The maximum Gasteiger partial charge on any atom is 0.490 e. The number of hydrogen-bond donors (Lipinski definition) is 1. The summed E-state index contributed by atoms with van der Waals surface area (Å²) < 4.78 is 37.4. The number of fused-ring (bicyclic) bond motifs is 1. The summed E-state index contributed by atoms with van der Waals surface area (Å²) in [7, 11) is 2.06. The van der Waals surface area contributed by atoms with E-state index in [1.54, 1.807) is 0 Å². The topological polar surface area (TPSA) is 86.9 Å². The van der Waals surface area contributed by atoms with Gasteiger partial charge in [0.1, 0.15) is 5.76 Å². The monoisotopic (exact) mass is 377 g/mol. The zero-order chi connectivity index (χ0) is 19.5. The molecule has 0 aromatic carbocycles. The van der Waals surface area contributed by atoms with Gasteiger partial charge in [-0.25, -0.2) is 9.78 Å². The molecule has 0 radical (unpaired) electrons. The summed E-state index contributed by atoms with van der Waals surface area (Å²) in [5.41, 5.74) is 0.933. The fourth-order valence-corrected chi connectivity index (χ4v) is 2.93. The first-order valence-electron chi connectivity index (χ1n) is 8.34. The highest BCUT2D eigenvalue weighted by Crippen LogP contribution is 2.22. The van der Waals surface area contributed by atoms with Crippen LogP contribution in [-0.2, 0) is 17.8 Å². The second kappa shape index (κ2) is 8.07. The third kappa shape index (κ3) is 5.20. The van der Waals surface area contributed by atoms with Crippen LogP contribution in [0.1, 0.15) is 41.9 Å². The van der Waals surface area contributed by atoms with E-state index in [9.17, 15) is 18.0 Å². The lowest BCUT2D eigenvalue weighted by Gasteiger charge is -2.29. The van der Waals surface area contributed by atoms with Crippen LogP contribution in [0.15, 0.2) is 4.42 Å². The number of hydrogen-bond acceptors (Lipinski definition) is 5. The van der Waals surface area contributed by atoms with Gasteiger partial charge in [0.05, 0.1) is 5.69 Å². The summed E-state index contributed by atoms with van der Waals surface area (Å²) in [4.78, 5) is 29.8. The van der Waals surface area contributed by atoms with Crippen molar-refractivity contribution in [1.29, 1.82) is 0 Å². The molecule has 1 aromatic heterocycles. The Morgan fingerprint density at radius 3 is 2.54 bits per heavy atom. The normalized spacial score (nSPS) is 20.8. The van der Waals surface area contributed by atoms with Crippen LogP contribution < -0.4 is 0 Å². The number of halogens is 3. The molecule has 1 N–H and O–H groups in total. The van der Waals surface area contributed by atoms with E-state index in [0.717, 1.165) is 50.5 Å². The predicted octanol–water partition coefficient (Wildman–Crippen LogP) is 2.17. The molecule has 2 aliphatic rings. The summed E-state index contributed by atoms with van der Waals surface area (Å²) in [6.45, 7) is 5.59. The van der Waals surface area contributed by atoms with Crippen molar-refractivity contribution in [2.24, 2.45) is 5.92 Å². The standard InChI is InChI=1S/C14H21N3O2.C2HF3O2/c1-10-4-3-6-17(8-10)14(18)13-15-11-9-16(2)7-5-12(11)19-13;3-2(4,5)1(6)7/h10H,3-9H2,1-2H3;(H,6,7). The molecule has 0 saturated carbocycles. The Hall–Kier alpha value is -2.10. The number of carbonyl (C=O) groups excluding carboxylic acids is 1. The Bertz CT molecular complexity index is 660. The van der Waals surface area contributed by atoms with Gasteiger partial charge in [-0.2, -0.15) is 13.2 Å². The molecule has 1 amide bonds. The number of amides is 1. The summed E-state index contributed by atoms with van der Waals surface area (Å²) >= 11 is 0. The van der Waals surface area contributed by atoms with Gasteiger partial charge in [-0.15, -0.1) is 0 Å². The highest BCUT2D eigenvalue weighted by molar-refractivity contribution is 5.89. The van der Waals surface area contributed by atoms with Gasteiger partial charge < -0.3 is 14.4 Å². The first-order chi connectivity index (χ1) is 12.1. The first kappa shape index (κ1) is 20.2. The highest BCUT2D eigenvalue weighted by Gasteiger charge is 2.38. The van der Waals surface area contributed by atoms with Crippen molar-refractivity contribution in [3.8, 4) is 0 Å². The van der Waals surface area contributed by atoms with Gasteiger partial charge >= 0.3 is 18.1 Å². The Balaban J connectivity index is 0.000000298. The lowest BCUT2D eigenvalue weighted by Crippen LogP contribution is -2.39. The number of alkyl halides is 3. The van der Waals surface area contributed by atoms with Gasteiger partial charge in [0.2, 0.25) is 0 Å². The average molecular weight is 377 g/mol. The molecule has 3 heterocycles. The van der Waals surface area contributed by atoms with Crippen molar-refractivity contribution in [3.05, 3.63) is 17.3 Å². The number of nitrogens with zero attached hydrogens (tertiary/aromatic N) is 3. The lowest BCUT2D eigenvalue weighted by atomic mass is 10.0. The molecule has 1 aromatic rings. The van der Waals surface area contributed by atoms with E-state index in [2.05, 4.69) is 23.9 Å². The molecule has 1 atom stereocenters. The lowest BCUT2D eigenvalue weighted by molar-refractivity contribution is -0.192. The minimum Gasteiger partial charge on any atom is -0.475 e. The molecule has 10 heteroatoms. The van der Waals surface area contributed by atoms with Gasteiger partial charge in [-0.05, 0) is 25.8 Å². The van der Waals surface area contributed by atoms with Crippen molar-refractivity contribution in [1.82, 2.24) is 14.8 Å². The summed E-state index contributed by atoms with van der Waals surface area (Å²) in [5, 5.41) is 7.12. The second-order valence-corrected chi connectivity index (χ2v) is 6.68. The van der Waals surface area contributed by atoms with Gasteiger partial charge in [-0.3, -0.25) is 9.69 Å². The quantitative estimate of drug-likeness (QED) is 0.807. The molecule has 1 fully saturated rings. The van der Waals surface area contributed by atoms with Gasteiger partial charge in [0.15, 0.2) is 0 Å². The van der Waals surface area contributed by atoms with Crippen molar-refractivity contribution < 1.29 is 32.3 Å². The molecule has 7 nitrogen and oxygen atoms in total. The zero-order valence-corrected chi connectivity index (χ0v) is 14.7. The largest absolute Gasteiger partial charge is 0.490 e. The molecular formula is C16H22F3N3O4. The van der Waals surface area contributed by atoms with Crippen LogP contribution in [0.4, 0.5) is 13.2 Å². The maximum absolute atomic E-state index is 12.4. The van der Waals surface area contributed by atoms with Crippen LogP contribution in [0, 0.1) is 5.92 Å². The maximum atomic E-state index is 12.4. The number of oxazole rings is 1. The van der Waals surface area contributed by atoms with E-state index in [1.165, 1.54) is 6.42 Å². The Kier molecular flexibility index (Phi) is 6.27. The minimum absolute atomic E-state index is 0.0383. The van der Waals surface area contributed by atoms with Crippen LogP contribution >= 0.6 is 0 Å². The number of piperidine rings is 1. The number of carboxylic acids is 1. The number of likely N-dealkylation sites (tertiary alicyclic amines) is 1. The molecule has 2 aliphatic heterocycles. The zero-order valence-electron chi connectivity index (χ0n) is 14.7. The fraction of sp³-hybridized carbons (Fsp3) is 0.688. The fourth-order valence-electron chi connectivity index (χ4n) is 2.93. The third-order valence-corrected chi connectivity index (χ3v) is 4.29. The molecule has 3 rings (SSSR count). The average Bonchev–Trinajstić information content (AvgIpc) is 2.96. The number of carbonyl (C=O) groups is 2. The first-order valence-corrected chi connectivity index (χ1v) is 8.34. The van der Waals surface area contributed by atoms with Crippen LogP contribution in [0.3, 0.4) is 0 Å². The second-order valence-electron chi connectivity index (χ2n) is 6.68. The number of aromatic nitrogens is 1. The summed E-state index contributed by atoms with van der Waals surface area (Å²) in [6.07, 6.45) is -1.95. The number of carboxylic acid groups (broad SMARTS) is 1. The Labute approximate surface area is 148 Å². The Morgan fingerprint density at radius 2 is 1.96 bits per heavy atom. The van der Waals surface area contributed by atoms with Gasteiger partial charge in [-0.1, -0.05) is 6.92 Å². The Morgan fingerprint density at radius 1 is 1.31 bits per heavy atom. The van der Waals surface area contributed by atoms with Crippen molar-refractivity contribution >= 4 is 11.9 Å². The van der Waals surface area contributed by atoms with E-state index in [0.29, 0.717) is 5.92 Å². The molecule has 0 aliphatic carbocycles. The minimum atomic E-state index is -5.08. The van der Waals surface area contributed by atoms with E-state index >= 15 is 0 Å². The van der Waals surface area contributed by atoms with Crippen molar-refractivity contribution in [2.75, 3.05) is 26.7 Å². The van der Waals surface area contributed by atoms with E-state index in [4.69, 9.17) is 14.3 Å². The molecule has 1 saturated heterocycles. The van der Waals surface area contributed by atoms with Crippen molar-refractivity contribution in [3.63, 3.8) is 0 Å². The smallest absolute Gasteiger partial charge is 0.475 e. The molecule has 1 unspecified atom stereocenters. The molecule has 0 bridgehead atoms. The molecule has 0 spiro atoms. The van der Waals surface area contributed by atoms with Crippen LogP contribution in [0.5, 0.6) is 0 Å². The van der Waals surface area contributed by atoms with Crippen LogP contribution in [0.2, 0.25) is 0 Å². The number of likely N-dealkylation sites (N-methyl/N-ethyl adjacent to an activating group) is 1. The predicted molar refractivity (Wildman–Crippen MR) is 84.5 cm³/mol. The molecule has 26 heavy (non-hydrogen) atoms. The van der Waals surface area contributed by atoms with Gasteiger partial charge in [0, 0.05) is 32.6 Å². The van der Waals surface area contributed by atoms with E-state index in [1.807, 2.05) is 4.90 Å². The van der Waals surface area contributed by atoms with Gasteiger partial charge in [0.25, 0.3) is 5.89 Å². The van der Waals surface area contributed by atoms with Crippen LogP contribution in [-0.4, -0.2) is 64.6 Å². The SMILES string of the molecule is CC1CCCN(C(=O)c2nc3c(o2)CCN(C)C3)C1.O=C(O)C(F)(F)F. The third-order valence-electron chi connectivity index (χ3n) is 4.29. The van der Waals surface area contributed by atoms with E-state index in [-0.39, 0.29) is 11.8 Å². The van der Waals surface area contributed by atoms with Crippen LogP contribution in [0.25, 0.3) is 0 Å². The summed E-state index contributed by atoms with van der Waals surface area (Å²) in [5.74, 6) is -1.04. The van der Waals surface area contributed by atoms with Crippen molar-refractivity contribution in [2.45, 2.75) is 38.9 Å². The van der Waals surface area contributed by atoms with E-state index < -0.39 is 12.1 Å². The molecule has 146 valence electrons. The highest BCUT2D eigenvalue weighted by atomic mass is 19.4. The molecular weight excluding hydrogens is 355 g/mol.